The average Bonchev–Trinajstić information content (AvgIpc) is 3.42. The predicted molar refractivity (Wildman–Crippen MR) is 98.8 cm³/mol. The molecule has 1 amide bonds. The van der Waals surface area contributed by atoms with Gasteiger partial charge in [-0.1, -0.05) is 6.07 Å². The van der Waals surface area contributed by atoms with Gasteiger partial charge in [-0.05, 0) is 62.4 Å². The summed E-state index contributed by atoms with van der Waals surface area (Å²) >= 11 is 0. The minimum atomic E-state index is 0. The van der Waals surface area contributed by atoms with Crippen molar-refractivity contribution >= 4 is 18.3 Å². The van der Waals surface area contributed by atoms with Gasteiger partial charge in [-0.25, -0.2) is 0 Å². The van der Waals surface area contributed by atoms with Gasteiger partial charge in [-0.15, -0.1) is 12.4 Å². The summed E-state index contributed by atoms with van der Waals surface area (Å²) in [6, 6.07) is 6.13. The first-order valence-electron chi connectivity index (χ1n) is 9.09. The van der Waals surface area contributed by atoms with E-state index < -0.39 is 0 Å². The van der Waals surface area contributed by atoms with Gasteiger partial charge in [0.15, 0.2) is 11.5 Å². The molecular formula is C19H27ClN2O3. The number of nitrogens with one attached hydrogen (secondary N) is 1. The van der Waals surface area contributed by atoms with Crippen LogP contribution in [-0.4, -0.2) is 50.7 Å². The number of halogens is 1. The van der Waals surface area contributed by atoms with Gasteiger partial charge >= 0.3 is 0 Å². The summed E-state index contributed by atoms with van der Waals surface area (Å²) < 4.78 is 11.2. The number of nitrogens with zero attached hydrogens (tertiary/aromatic N) is 1. The normalized spacial score (nSPS) is 25.2. The van der Waals surface area contributed by atoms with Crippen molar-refractivity contribution in [3.05, 3.63) is 23.8 Å². The van der Waals surface area contributed by atoms with Crippen LogP contribution in [0.5, 0.6) is 11.5 Å². The quantitative estimate of drug-likeness (QED) is 0.889. The fourth-order valence-electron chi connectivity index (χ4n) is 4.01. The molecule has 1 saturated carbocycles. The molecule has 6 heteroatoms. The van der Waals surface area contributed by atoms with E-state index in [4.69, 9.17) is 9.47 Å². The smallest absolute Gasteiger partial charge is 0.226 e. The molecule has 0 radical (unpaired) electrons. The highest BCUT2D eigenvalue weighted by Crippen LogP contribution is 2.50. The second kappa shape index (κ2) is 7.83. The number of likely N-dealkylation sites (tertiary alicyclic amines) is 1. The molecule has 25 heavy (non-hydrogen) atoms. The van der Waals surface area contributed by atoms with E-state index in [1.807, 2.05) is 13.1 Å². The molecule has 0 spiro atoms. The van der Waals surface area contributed by atoms with Crippen molar-refractivity contribution in [1.82, 2.24) is 10.2 Å². The number of benzene rings is 1. The molecule has 2 heterocycles. The molecule has 1 aromatic carbocycles. The molecule has 3 aliphatic rings. The van der Waals surface area contributed by atoms with Crippen molar-refractivity contribution in [3.8, 4) is 11.5 Å². The molecule has 1 saturated heterocycles. The molecular weight excluding hydrogens is 340 g/mol. The highest BCUT2D eigenvalue weighted by molar-refractivity contribution is 5.85. The molecule has 2 unspecified atom stereocenters. The van der Waals surface area contributed by atoms with Crippen LogP contribution in [0.2, 0.25) is 0 Å². The van der Waals surface area contributed by atoms with Gasteiger partial charge in [-0.2, -0.15) is 0 Å². The Hall–Kier alpha value is -1.46. The maximum atomic E-state index is 12.8. The zero-order chi connectivity index (χ0) is 16.5. The van der Waals surface area contributed by atoms with Crippen LogP contribution in [0.1, 0.15) is 30.7 Å². The summed E-state index contributed by atoms with van der Waals surface area (Å²) in [6.07, 6.45) is 3.21. The molecule has 0 aromatic heterocycles. The SMILES string of the molecule is CNCC1CCN(C(=O)C2CC2c2ccc3c(c2)OCCO3)CC1.Cl. The first-order valence-corrected chi connectivity index (χ1v) is 9.09. The van der Waals surface area contributed by atoms with Crippen LogP contribution in [0.3, 0.4) is 0 Å². The van der Waals surface area contributed by atoms with Gasteiger partial charge in [-0.3, -0.25) is 4.79 Å². The summed E-state index contributed by atoms with van der Waals surface area (Å²) in [4.78, 5) is 14.8. The molecule has 1 aliphatic carbocycles. The topological polar surface area (TPSA) is 50.8 Å². The average molecular weight is 367 g/mol. The Labute approximate surface area is 155 Å². The van der Waals surface area contributed by atoms with E-state index in [1.165, 1.54) is 5.56 Å². The lowest BCUT2D eigenvalue weighted by Crippen LogP contribution is -2.41. The molecule has 138 valence electrons. The van der Waals surface area contributed by atoms with Crippen molar-refractivity contribution in [3.63, 3.8) is 0 Å². The number of fused-ring (bicyclic) bond motifs is 1. The largest absolute Gasteiger partial charge is 0.486 e. The van der Waals surface area contributed by atoms with E-state index in [2.05, 4.69) is 22.3 Å². The minimum absolute atomic E-state index is 0. The number of rotatable bonds is 4. The van der Waals surface area contributed by atoms with Crippen LogP contribution >= 0.6 is 12.4 Å². The third kappa shape index (κ3) is 3.87. The fourth-order valence-corrected chi connectivity index (χ4v) is 4.01. The van der Waals surface area contributed by atoms with Gasteiger partial charge in [0.2, 0.25) is 5.91 Å². The summed E-state index contributed by atoms with van der Waals surface area (Å²) in [7, 11) is 2.00. The third-order valence-corrected chi connectivity index (χ3v) is 5.52. The number of carbonyl (C=O) groups excluding carboxylic acids is 1. The Morgan fingerprint density at radius 2 is 1.92 bits per heavy atom. The van der Waals surface area contributed by atoms with Crippen LogP contribution in [0, 0.1) is 11.8 Å². The van der Waals surface area contributed by atoms with Crippen LogP contribution in [0.25, 0.3) is 0 Å². The monoisotopic (exact) mass is 366 g/mol. The summed E-state index contributed by atoms with van der Waals surface area (Å²) in [5.74, 6) is 3.21. The molecule has 2 fully saturated rings. The minimum Gasteiger partial charge on any atom is -0.486 e. The number of amides is 1. The lowest BCUT2D eigenvalue weighted by molar-refractivity contribution is -0.134. The number of hydrogen-bond acceptors (Lipinski definition) is 4. The first kappa shape index (κ1) is 18.3. The standard InChI is InChI=1S/C19H26N2O3.ClH/c1-20-12-13-4-6-21(7-5-13)19(22)16-11-15(16)14-2-3-17-18(10-14)24-9-8-23-17;/h2-3,10,13,15-16,20H,4-9,11-12H2,1H3;1H. The Morgan fingerprint density at radius 1 is 1.20 bits per heavy atom. The second-order valence-electron chi connectivity index (χ2n) is 7.18. The summed E-state index contributed by atoms with van der Waals surface area (Å²) in [5.41, 5.74) is 1.21. The number of hydrogen-bond donors (Lipinski definition) is 1. The van der Waals surface area contributed by atoms with Gasteiger partial charge in [0.25, 0.3) is 0 Å². The van der Waals surface area contributed by atoms with E-state index in [-0.39, 0.29) is 18.3 Å². The lowest BCUT2D eigenvalue weighted by Gasteiger charge is -2.32. The Balaban J connectivity index is 0.00000182. The molecule has 4 rings (SSSR count). The van der Waals surface area contributed by atoms with Crippen molar-refractivity contribution in [2.75, 3.05) is 39.9 Å². The van der Waals surface area contributed by atoms with E-state index in [1.54, 1.807) is 0 Å². The van der Waals surface area contributed by atoms with Gasteiger partial charge in [0.05, 0.1) is 0 Å². The van der Waals surface area contributed by atoms with Crippen LogP contribution < -0.4 is 14.8 Å². The third-order valence-electron chi connectivity index (χ3n) is 5.52. The summed E-state index contributed by atoms with van der Waals surface area (Å²) in [5, 5.41) is 3.24. The predicted octanol–water partition coefficient (Wildman–Crippen LogP) is 2.44. The van der Waals surface area contributed by atoms with Crippen LogP contribution in [0.15, 0.2) is 18.2 Å². The number of piperidine rings is 1. The van der Waals surface area contributed by atoms with Crippen molar-refractivity contribution in [2.45, 2.75) is 25.2 Å². The zero-order valence-electron chi connectivity index (χ0n) is 14.7. The Kier molecular flexibility index (Phi) is 5.74. The molecule has 5 nitrogen and oxygen atoms in total. The number of carbonyl (C=O) groups is 1. The van der Waals surface area contributed by atoms with Crippen molar-refractivity contribution in [2.24, 2.45) is 11.8 Å². The summed E-state index contributed by atoms with van der Waals surface area (Å²) in [6.45, 7) is 4.10. The molecule has 1 N–H and O–H groups in total. The first-order chi connectivity index (χ1) is 11.8. The van der Waals surface area contributed by atoms with Crippen LogP contribution in [-0.2, 0) is 4.79 Å². The van der Waals surface area contributed by atoms with Gasteiger partial charge in [0, 0.05) is 19.0 Å². The molecule has 1 aromatic rings. The highest BCUT2D eigenvalue weighted by Gasteiger charge is 2.46. The lowest BCUT2D eigenvalue weighted by atomic mass is 9.96. The maximum Gasteiger partial charge on any atom is 0.226 e. The fraction of sp³-hybridized carbons (Fsp3) is 0.632. The molecule has 0 bridgehead atoms. The zero-order valence-corrected chi connectivity index (χ0v) is 15.5. The molecule has 2 aliphatic heterocycles. The maximum absolute atomic E-state index is 12.8. The Bertz CT molecular complexity index is 617. The van der Waals surface area contributed by atoms with E-state index in [9.17, 15) is 4.79 Å². The number of ether oxygens (including phenoxy) is 2. The van der Waals surface area contributed by atoms with Crippen molar-refractivity contribution < 1.29 is 14.3 Å². The molecule has 2 atom stereocenters. The highest BCUT2D eigenvalue weighted by atomic mass is 35.5. The Morgan fingerprint density at radius 3 is 2.64 bits per heavy atom. The second-order valence-corrected chi connectivity index (χ2v) is 7.18. The van der Waals surface area contributed by atoms with Crippen LogP contribution in [0.4, 0.5) is 0 Å². The van der Waals surface area contributed by atoms with E-state index in [0.717, 1.165) is 50.4 Å². The van der Waals surface area contributed by atoms with Gasteiger partial charge < -0.3 is 19.7 Å². The van der Waals surface area contributed by atoms with E-state index >= 15 is 0 Å². The van der Waals surface area contributed by atoms with Crippen molar-refractivity contribution in [1.29, 1.82) is 0 Å². The van der Waals surface area contributed by atoms with E-state index in [0.29, 0.717) is 31.0 Å². The van der Waals surface area contributed by atoms with Gasteiger partial charge in [0.1, 0.15) is 13.2 Å².